The van der Waals surface area contributed by atoms with E-state index in [1.54, 1.807) is 43.5 Å². The van der Waals surface area contributed by atoms with Gasteiger partial charge in [-0.15, -0.1) is 0 Å². The van der Waals surface area contributed by atoms with E-state index in [0.717, 1.165) is 0 Å². The quantitative estimate of drug-likeness (QED) is 0.337. The fraction of sp³-hybridized carbons (Fsp3) is 0.250. The minimum absolute atomic E-state index is 0.383. The van der Waals surface area contributed by atoms with Gasteiger partial charge in [0.2, 0.25) is 11.8 Å². The van der Waals surface area contributed by atoms with Crippen LogP contribution in [0.15, 0.2) is 46.0 Å². The average molecular weight is 464 g/mol. The molecule has 2 rings (SSSR count). The highest BCUT2D eigenvalue weighted by molar-refractivity contribution is 9.10. The van der Waals surface area contributed by atoms with Crippen LogP contribution >= 0.6 is 15.9 Å². The molecule has 29 heavy (non-hydrogen) atoms. The van der Waals surface area contributed by atoms with Crippen molar-refractivity contribution in [3.05, 3.63) is 46.4 Å². The first-order chi connectivity index (χ1) is 14.0. The number of anilines is 1. The molecule has 0 aliphatic heterocycles. The van der Waals surface area contributed by atoms with Crippen LogP contribution in [0.2, 0.25) is 0 Å². The lowest BCUT2D eigenvalue weighted by Gasteiger charge is -2.11. The van der Waals surface area contributed by atoms with Crippen molar-refractivity contribution in [2.45, 2.75) is 13.3 Å². The summed E-state index contributed by atoms with van der Waals surface area (Å²) >= 11 is 3.41. The summed E-state index contributed by atoms with van der Waals surface area (Å²) in [6.45, 7) is 2.34. The maximum absolute atomic E-state index is 12.0. The largest absolute Gasteiger partial charge is 0.495 e. The Bertz CT molecular complexity index is 902. The Morgan fingerprint density at radius 2 is 1.86 bits per heavy atom. The normalized spacial score (nSPS) is 10.5. The molecule has 2 aromatic rings. The molecule has 0 aliphatic carbocycles. The minimum atomic E-state index is -0.550. The first-order valence-electron chi connectivity index (χ1n) is 8.73. The summed E-state index contributed by atoms with van der Waals surface area (Å²) in [7, 11) is 3.05. The lowest BCUT2D eigenvalue weighted by atomic mass is 10.2. The zero-order valence-corrected chi connectivity index (χ0v) is 17.9. The van der Waals surface area contributed by atoms with E-state index in [1.165, 1.54) is 13.3 Å². The fourth-order valence-corrected chi connectivity index (χ4v) is 3.05. The molecule has 9 heteroatoms. The topological polar surface area (TPSA) is 98.2 Å². The molecule has 0 heterocycles. The summed E-state index contributed by atoms with van der Waals surface area (Å²) < 4.78 is 16.7. The summed E-state index contributed by atoms with van der Waals surface area (Å²) in [5.74, 6) is 0.600. The zero-order valence-electron chi connectivity index (χ0n) is 16.3. The third-order valence-electron chi connectivity index (χ3n) is 3.64. The highest BCUT2D eigenvalue weighted by Crippen LogP contribution is 2.36. The molecule has 2 aromatic carbocycles. The van der Waals surface area contributed by atoms with Crippen molar-refractivity contribution in [3.8, 4) is 17.2 Å². The lowest BCUT2D eigenvalue weighted by Crippen LogP contribution is -2.24. The Morgan fingerprint density at radius 1 is 1.10 bits per heavy atom. The van der Waals surface area contributed by atoms with Gasteiger partial charge >= 0.3 is 0 Å². The number of para-hydroxylation sites is 2. The summed E-state index contributed by atoms with van der Waals surface area (Å²) in [6.07, 6.45) is 1.06. The Balaban J connectivity index is 1.94. The van der Waals surface area contributed by atoms with Gasteiger partial charge in [-0.25, -0.2) is 5.43 Å². The molecule has 2 N–H and O–H groups in total. The number of hydrogen-bond donors (Lipinski definition) is 2. The van der Waals surface area contributed by atoms with Crippen LogP contribution in [0.1, 0.15) is 18.9 Å². The number of amides is 2. The first kappa shape index (κ1) is 22.2. The van der Waals surface area contributed by atoms with E-state index in [9.17, 15) is 9.59 Å². The number of ether oxygens (including phenoxy) is 3. The third kappa shape index (κ3) is 6.49. The van der Waals surface area contributed by atoms with Crippen molar-refractivity contribution in [1.29, 1.82) is 0 Å². The van der Waals surface area contributed by atoms with E-state index < -0.39 is 11.8 Å². The fourth-order valence-electron chi connectivity index (χ4n) is 2.43. The Hall–Kier alpha value is -3.07. The van der Waals surface area contributed by atoms with Crippen molar-refractivity contribution >= 4 is 39.6 Å². The van der Waals surface area contributed by atoms with Crippen LogP contribution in [0, 0.1) is 0 Å². The third-order valence-corrected chi connectivity index (χ3v) is 4.23. The van der Waals surface area contributed by atoms with E-state index in [2.05, 4.69) is 31.8 Å². The predicted octanol–water partition coefficient (Wildman–Crippen LogP) is 3.34. The highest BCUT2D eigenvalue weighted by Gasteiger charge is 2.12. The van der Waals surface area contributed by atoms with Crippen molar-refractivity contribution in [3.63, 3.8) is 0 Å². The van der Waals surface area contributed by atoms with Crippen LogP contribution < -0.4 is 25.0 Å². The first-order valence-corrected chi connectivity index (χ1v) is 9.52. The molecule has 0 aliphatic rings. The highest BCUT2D eigenvalue weighted by atomic mass is 79.9. The van der Waals surface area contributed by atoms with Crippen molar-refractivity contribution in [1.82, 2.24) is 5.43 Å². The maximum atomic E-state index is 12.0. The van der Waals surface area contributed by atoms with Gasteiger partial charge in [-0.1, -0.05) is 12.1 Å². The molecule has 8 nitrogen and oxygen atoms in total. The molecule has 154 valence electrons. The standard InChI is InChI=1S/C20H22BrN3O5/c1-4-29-17-10-13(9-14(21)20(17)28-3)12-22-24-19(26)11-18(25)23-15-7-5-6-8-16(15)27-2/h5-10,12H,4,11H2,1-3H3,(H,23,25)(H,24,26). The minimum Gasteiger partial charge on any atom is -0.495 e. The molecule has 0 atom stereocenters. The van der Waals surface area contributed by atoms with Gasteiger partial charge in [0.1, 0.15) is 12.2 Å². The summed E-state index contributed by atoms with van der Waals surface area (Å²) in [4.78, 5) is 24.0. The van der Waals surface area contributed by atoms with Gasteiger partial charge in [0.25, 0.3) is 0 Å². The molecular formula is C20H22BrN3O5. The number of benzene rings is 2. The van der Waals surface area contributed by atoms with E-state index >= 15 is 0 Å². The molecule has 0 saturated carbocycles. The molecule has 0 fully saturated rings. The number of nitrogens with one attached hydrogen (secondary N) is 2. The SMILES string of the molecule is CCOc1cc(C=NNC(=O)CC(=O)Nc2ccccc2OC)cc(Br)c1OC. The average Bonchev–Trinajstić information content (AvgIpc) is 2.68. The number of carbonyl (C=O) groups is 2. The molecule has 0 radical (unpaired) electrons. The predicted molar refractivity (Wildman–Crippen MR) is 114 cm³/mol. The second-order valence-corrected chi connectivity index (χ2v) is 6.54. The summed E-state index contributed by atoms with van der Waals surface area (Å²) in [5, 5.41) is 6.52. The van der Waals surface area contributed by atoms with E-state index in [1.807, 2.05) is 6.92 Å². The summed E-state index contributed by atoms with van der Waals surface area (Å²) in [6, 6.07) is 10.4. The molecular weight excluding hydrogens is 442 g/mol. The van der Waals surface area contributed by atoms with Crippen LogP contribution in [0.4, 0.5) is 5.69 Å². The van der Waals surface area contributed by atoms with Crippen molar-refractivity contribution in [2.75, 3.05) is 26.1 Å². The Kier molecular flexibility index (Phi) is 8.47. The van der Waals surface area contributed by atoms with Crippen molar-refractivity contribution in [2.24, 2.45) is 5.10 Å². The molecule has 0 unspecified atom stereocenters. The van der Waals surface area contributed by atoms with Crippen LogP contribution in [-0.4, -0.2) is 38.9 Å². The van der Waals surface area contributed by atoms with Gasteiger partial charge in [-0.2, -0.15) is 5.10 Å². The number of nitrogens with zero attached hydrogens (tertiary/aromatic N) is 1. The van der Waals surface area contributed by atoms with Crippen LogP contribution in [0.3, 0.4) is 0 Å². The number of methoxy groups -OCH3 is 2. The van der Waals surface area contributed by atoms with Crippen LogP contribution in [0.25, 0.3) is 0 Å². The molecule has 0 aromatic heterocycles. The Morgan fingerprint density at radius 3 is 2.55 bits per heavy atom. The van der Waals surface area contributed by atoms with Gasteiger partial charge in [-0.05, 0) is 52.7 Å². The van der Waals surface area contributed by atoms with Gasteiger partial charge in [0.15, 0.2) is 11.5 Å². The van der Waals surface area contributed by atoms with Gasteiger partial charge in [-0.3, -0.25) is 9.59 Å². The van der Waals surface area contributed by atoms with E-state index in [-0.39, 0.29) is 6.42 Å². The molecule has 2 amide bonds. The number of carbonyl (C=O) groups excluding carboxylic acids is 2. The number of hydrogen-bond acceptors (Lipinski definition) is 6. The van der Waals surface area contributed by atoms with Gasteiger partial charge in [0, 0.05) is 0 Å². The molecule has 0 saturated heterocycles. The zero-order chi connectivity index (χ0) is 21.2. The monoisotopic (exact) mass is 463 g/mol. The van der Waals surface area contributed by atoms with Crippen LogP contribution in [-0.2, 0) is 9.59 Å². The van der Waals surface area contributed by atoms with Crippen LogP contribution in [0.5, 0.6) is 17.2 Å². The maximum Gasteiger partial charge on any atom is 0.249 e. The van der Waals surface area contributed by atoms with E-state index in [0.29, 0.717) is 39.6 Å². The van der Waals surface area contributed by atoms with E-state index in [4.69, 9.17) is 14.2 Å². The Labute approximate surface area is 177 Å². The summed E-state index contributed by atoms with van der Waals surface area (Å²) in [5.41, 5.74) is 3.50. The number of halogens is 1. The number of rotatable bonds is 9. The molecule has 0 bridgehead atoms. The smallest absolute Gasteiger partial charge is 0.249 e. The van der Waals surface area contributed by atoms with Crippen molar-refractivity contribution < 1.29 is 23.8 Å². The number of hydrazone groups is 1. The second kappa shape index (κ2) is 11.1. The van der Waals surface area contributed by atoms with Gasteiger partial charge < -0.3 is 19.5 Å². The molecule has 0 spiro atoms. The lowest BCUT2D eigenvalue weighted by molar-refractivity contribution is -0.126. The second-order valence-electron chi connectivity index (χ2n) is 5.69. The van der Waals surface area contributed by atoms with Gasteiger partial charge in [0.05, 0.1) is 37.2 Å².